The number of nitrogens with two attached hydrogens (primary N) is 1. The second-order valence-corrected chi connectivity index (χ2v) is 7.41. The molecular formula is C22H20N4O2S. The molecule has 0 bridgehead atoms. The molecule has 3 aromatic rings. The molecule has 0 fully saturated rings. The molecule has 0 aliphatic heterocycles. The quantitative estimate of drug-likeness (QED) is 0.478. The van der Waals surface area contributed by atoms with E-state index in [4.69, 9.17) is 5.73 Å². The number of hydrogen-bond donors (Lipinski definition) is 2. The fourth-order valence-electron chi connectivity index (χ4n) is 2.57. The van der Waals surface area contributed by atoms with Gasteiger partial charge in [0.1, 0.15) is 0 Å². The minimum atomic E-state index is -0.482. The average molecular weight is 404 g/mol. The molecule has 0 atom stereocenters. The van der Waals surface area contributed by atoms with Crippen LogP contribution in [0.15, 0.2) is 70.7 Å². The summed E-state index contributed by atoms with van der Waals surface area (Å²) >= 11 is 1.47. The number of benzene rings is 2. The number of carbonyl (C=O) groups is 2. The molecule has 29 heavy (non-hydrogen) atoms. The topological polar surface area (TPSA) is 98.0 Å². The SMILES string of the molecule is Cc1cc(C)nc(Sc2ccc(NC(=O)C=Cc3ccc(C(N)=O)cc3)cc2)n1. The highest BCUT2D eigenvalue weighted by Crippen LogP contribution is 2.26. The van der Waals surface area contributed by atoms with Crippen LogP contribution in [0.5, 0.6) is 0 Å². The summed E-state index contributed by atoms with van der Waals surface area (Å²) in [6.07, 6.45) is 3.10. The van der Waals surface area contributed by atoms with E-state index in [2.05, 4.69) is 15.3 Å². The van der Waals surface area contributed by atoms with E-state index >= 15 is 0 Å². The van der Waals surface area contributed by atoms with E-state index in [9.17, 15) is 9.59 Å². The maximum Gasteiger partial charge on any atom is 0.248 e. The molecule has 2 aromatic carbocycles. The van der Waals surface area contributed by atoms with Crippen molar-refractivity contribution in [3.63, 3.8) is 0 Å². The van der Waals surface area contributed by atoms with E-state index in [-0.39, 0.29) is 5.91 Å². The first-order valence-electron chi connectivity index (χ1n) is 8.88. The van der Waals surface area contributed by atoms with Gasteiger partial charge in [-0.25, -0.2) is 9.97 Å². The second kappa shape index (κ2) is 9.16. The van der Waals surface area contributed by atoms with Crippen molar-refractivity contribution < 1.29 is 9.59 Å². The zero-order valence-electron chi connectivity index (χ0n) is 16.0. The maximum absolute atomic E-state index is 12.1. The number of anilines is 1. The molecule has 0 unspecified atom stereocenters. The minimum absolute atomic E-state index is 0.248. The fraction of sp³-hybridized carbons (Fsp3) is 0.0909. The predicted molar refractivity (Wildman–Crippen MR) is 115 cm³/mol. The smallest absolute Gasteiger partial charge is 0.248 e. The Balaban J connectivity index is 1.58. The molecule has 0 spiro atoms. The van der Waals surface area contributed by atoms with Crippen molar-refractivity contribution in [1.82, 2.24) is 9.97 Å². The van der Waals surface area contributed by atoms with E-state index in [0.29, 0.717) is 16.4 Å². The van der Waals surface area contributed by atoms with Crippen LogP contribution in [0.25, 0.3) is 6.08 Å². The summed E-state index contributed by atoms with van der Waals surface area (Å²) < 4.78 is 0. The van der Waals surface area contributed by atoms with Gasteiger partial charge in [0, 0.05) is 33.6 Å². The fourth-order valence-corrected chi connectivity index (χ4v) is 3.43. The van der Waals surface area contributed by atoms with Crippen molar-refractivity contribution in [3.05, 3.63) is 83.2 Å². The van der Waals surface area contributed by atoms with E-state index in [0.717, 1.165) is 21.8 Å². The number of aryl methyl sites for hydroxylation is 2. The van der Waals surface area contributed by atoms with Gasteiger partial charge >= 0.3 is 0 Å². The first-order valence-corrected chi connectivity index (χ1v) is 9.70. The number of amides is 2. The number of primary amides is 1. The predicted octanol–water partition coefficient (Wildman–Crippen LogP) is 4.00. The average Bonchev–Trinajstić information content (AvgIpc) is 2.67. The zero-order chi connectivity index (χ0) is 20.8. The summed E-state index contributed by atoms with van der Waals surface area (Å²) in [6, 6.07) is 16.1. The number of carbonyl (C=O) groups excluding carboxylic acids is 2. The van der Waals surface area contributed by atoms with Gasteiger partial charge in [0.25, 0.3) is 0 Å². The largest absolute Gasteiger partial charge is 0.366 e. The molecule has 1 heterocycles. The van der Waals surface area contributed by atoms with Crippen LogP contribution in [-0.2, 0) is 4.79 Å². The molecule has 0 saturated carbocycles. The highest BCUT2D eigenvalue weighted by atomic mass is 32.2. The lowest BCUT2D eigenvalue weighted by Gasteiger charge is -2.05. The van der Waals surface area contributed by atoms with Crippen LogP contribution in [0.4, 0.5) is 5.69 Å². The first-order chi connectivity index (χ1) is 13.9. The zero-order valence-corrected chi connectivity index (χ0v) is 16.9. The molecule has 6 nitrogen and oxygen atoms in total. The van der Waals surface area contributed by atoms with Crippen molar-refractivity contribution in [2.75, 3.05) is 5.32 Å². The number of nitrogens with one attached hydrogen (secondary N) is 1. The number of nitrogens with zero attached hydrogens (tertiary/aromatic N) is 2. The van der Waals surface area contributed by atoms with Gasteiger partial charge in [0.15, 0.2) is 5.16 Å². The third-order valence-corrected chi connectivity index (χ3v) is 4.79. The molecule has 146 valence electrons. The summed E-state index contributed by atoms with van der Waals surface area (Å²) in [5, 5.41) is 3.51. The van der Waals surface area contributed by atoms with Crippen LogP contribution in [-0.4, -0.2) is 21.8 Å². The van der Waals surface area contributed by atoms with Gasteiger partial charge in [-0.15, -0.1) is 0 Å². The highest BCUT2D eigenvalue weighted by molar-refractivity contribution is 7.99. The van der Waals surface area contributed by atoms with E-state index in [1.807, 2.05) is 44.2 Å². The van der Waals surface area contributed by atoms with E-state index in [1.54, 1.807) is 30.3 Å². The maximum atomic E-state index is 12.1. The Morgan fingerprint density at radius 1 is 0.966 bits per heavy atom. The number of hydrogen-bond acceptors (Lipinski definition) is 5. The molecule has 0 radical (unpaired) electrons. The Morgan fingerprint density at radius 3 is 2.17 bits per heavy atom. The van der Waals surface area contributed by atoms with Crippen LogP contribution in [0.1, 0.15) is 27.3 Å². The highest BCUT2D eigenvalue weighted by Gasteiger charge is 2.04. The Hall–Kier alpha value is -3.45. The first kappa shape index (κ1) is 20.3. The third-order valence-electron chi connectivity index (χ3n) is 3.92. The molecule has 7 heteroatoms. The van der Waals surface area contributed by atoms with Crippen LogP contribution in [0, 0.1) is 13.8 Å². The van der Waals surface area contributed by atoms with Gasteiger partial charge in [0.2, 0.25) is 11.8 Å². The van der Waals surface area contributed by atoms with Gasteiger partial charge in [-0.3, -0.25) is 9.59 Å². The van der Waals surface area contributed by atoms with Crippen LogP contribution in [0.2, 0.25) is 0 Å². The van der Waals surface area contributed by atoms with Gasteiger partial charge in [-0.2, -0.15) is 0 Å². The van der Waals surface area contributed by atoms with Crippen LogP contribution >= 0.6 is 11.8 Å². The van der Waals surface area contributed by atoms with Crippen molar-refractivity contribution in [1.29, 1.82) is 0 Å². The molecule has 1 aromatic heterocycles. The summed E-state index contributed by atoms with van der Waals surface area (Å²) in [6.45, 7) is 3.88. The Morgan fingerprint density at radius 2 is 1.59 bits per heavy atom. The number of rotatable bonds is 6. The van der Waals surface area contributed by atoms with Gasteiger partial charge in [-0.1, -0.05) is 12.1 Å². The Bertz CT molecular complexity index is 1040. The monoisotopic (exact) mass is 404 g/mol. The normalized spacial score (nSPS) is 10.8. The van der Waals surface area contributed by atoms with Crippen molar-refractivity contribution >= 4 is 35.3 Å². The molecule has 3 N–H and O–H groups in total. The van der Waals surface area contributed by atoms with Gasteiger partial charge < -0.3 is 11.1 Å². The molecule has 2 amide bonds. The Kier molecular flexibility index (Phi) is 6.41. The molecule has 0 aliphatic rings. The molecule has 0 saturated heterocycles. The minimum Gasteiger partial charge on any atom is -0.366 e. The molecular weight excluding hydrogens is 384 g/mol. The van der Waals surface area contributed by atoms with Gasteiger partial charge in [-0.05, 0) is 79.7 Å². The lowest BCUT2D eigenvalue weighted by Crippen LogP contribution is -2.10. The Labute approximate surface area is 173 Å². The summed E-state index contributed by atoms with van der Waals surface area (Å²) in [4.78, 5) is 33.0. The molecule has 0 aliphatic carbocycles. The summed E-state index contributed by atoms with van der Waals surface area (Å²) in [5.74, 6) is -0.731. The number of aromatic nitrogens is 2. The van der Waals surface area contributed by atoms with Crippen molar-refractivity contribution in [2.45, 2.75) is 23.9 Å². The van der Waals surface area contributed by atoms with Crippen LogP contribution < -0.4 is 11.1 Å². The van der Waals surface area contributed by atoms with Crippen LogP contribution in [0.3, 0.4) is 0 Å². The second-order valence-electron chi connectivity index (χ2n) is 6.37. The van der Waals surface area contributed by atoms with Gasteiger partial charge in [0.05, 0.1) is 0 Å². The standard InChI is InChI=1S/C22H20N4O2S/c1-14-13-15(2)25-22(24-14)29-19-10-8-18(9-11-19)26-20(27)12-5-16-3-6-17(7-4-16)21(23)28/h3-13H,1-2H3,(H2,23,28)(H,26,27). The lowest BCUT2D eigenvalue weighted by atomic mass is 10.1. The third kappa shape index (κ3) is 6.02. The summed E-state index contributed by atoms with van der Waals surface area (Å²) in [5.41, 5.74) is 8.98. The van der Waals surface area contributed by atoms with E-state index in [1.165, 1.54) is 17.8 Å². The summed E-state index contributed by atoms with van der Waals surface area (Å²) in [7, 11) is 0. The molecule has 3 rings (SSSR count). The lowest BCUT2D eigenvalue weighted by molar-refractivity contribution is -0.111. The van der Waals surface area contributed by atoms with Crippen molar-refractivity contribution in [3.8, 4) is 0 Å². The van der Waals surface area contributed by atoms with E-state index < -0.39 is 5.91 Å². The van der Waals surface area contributed by atoms with Crippen molar-refractivity contribution in [2.24, 2.45) is 5.73 Å².